The lowest BCUT2D eigenvalue weighted by atomic mass is 10.0. The summed E-state index contributed by atoms with van der Waals surface area (Å²) in [5, 5.41) is 14.0. The number of allylic oxidation sites excluding steroid dienone is 1. The van der Waals surface area contributed by atoms with Crippen molar-refractivity contribution < 1.29 is 19.5 Å². The number of hydrogen-bond donors (Lipinski definition) is 1. The predicted octanol–water partition coefficient (Wildman–Crippen LogP) is 3.62. The van der Waals surface area contributed by atoms with Gasteiger partial charge in [-0.25, -0.2) is 4.79 Å². The Hall–Kier alpha value is -3.22. The Morgan fingerprint density at radius 1 is 1.22 bits per heavy atom. The van der Waals surface area contributed by atoms with Crippen LogP contribution in [0.2, 0.25) is 0 Å². The molecular formula is C25H31N3O4. The highest BCUT2D eigenvalue weighted by Crippen LogP contribution is 2.25. The highest BCUT2D eigenvalue weighted by molar-refractivity contribution is 5.92. The second kappa shape index (κ2) is 11.4. The van der Waals surface area contributed by atoms with Gasteiger partial charge in [-0.05, 0) is 30.0 Å². The molecule has 0 bridgehead atoms. The van der Waals surface area contributed by atoms with Crippen LogP contribution < -0.4 is 0 Å². The van der Waals surface area contributed by atoms with Crippen LogP contribution in [-0.4, -0.2) is 49.5 Å². The van der Waals surface area contributed by atoms with E-state index in [2.05, 4.69) is 12.0 Å². The second-order valence-electron chi connectivity index (χ2n) is 8.29. The average Bonchev–Trinajstić information content (AvgIpc) is 3.36. The Morgan fingerprint density at radius 2 is 2.00 bits per heavy atom. The van der Waals surface area contributed by atoms with Crippen molar-refractivity contribution in [3.63, 3.8) is 0 Å². The van der Waals surface area contributed by atoms with Crippen molar-refractivity contribution in [2.75, 3.05) is 0 Å². The summed E-state index contributed by atoms with van der Waals surface area (Å²) in [6, 6.07) is 8.78. The number of aliphatic carboxylic acids is 1. The van der Waals surface area contributed by atoms with Gasteiger partial charge < -0.3 is 10.0 Å². The number of carbonyl (C=O) groups excluding carboxylic acids is 2. The highest BCUT2D eigenvalue weighted by atomic mass is 16.4. The van der Waals surface area contributed by atoms with Crippen molar-refractivity contribution in [2.24, 2.45) is 0 Å². The number of carboxylic acids is 1. The number of amides is 1. The van der Waals surface area contributed by atoms with Gasteiger partial charge in [-0.1, -0.05) is 62.6 Å². The molecular weight excluding hydrogens is 406 g/mol. The van der Waals surface area contributed by atoms with Crippen LogP contribution >= 0.6 is 0 Å². The minimum absolute atomic E-state index is 0.0959. The van der Waals surface area contributed by atoms with Crippen LogP contribution in [-0.2, 0) is 27.3 Å². The molecule has 170 valence electrons. The lowest BCUT2D eigenvalue weighted by Gasteiger charge is -2.29. The molecule has 0 spiro atoms. The van der Waals surface area contributed by atoms with Crippen LogP contribution in [0.5, 0.6) is 0 Å². The number of likely N-dealkylation sites (tertiary alicyclic amines) is 1. The molecule has 32 heavy (non-hydrogen) atoms. The van der Waals surface area contributed by atoms with E-state index in [0.29, 0.717) is 25.8 Å². The van der Waals surface area contributed by atoms with Gasteiger partial charge in [0.15, 0.2) is 5.78 Å². The molecule has 0 saturated carbocycles. The molecule has 7 heteroatoms. The highest BCUT2D eigenvalue weighted by Gasteiger charge is 2.38. The number of aromatic nitrogens is 2. The Morgan fingerprint density at radius 3 is 2.72 bits per heavy atom. The summed E-state index contributed by atoms with van der Waals surface area (Å²) in [4.78, 5) is 38.1. The van der Waals surface area contributed by atoms with Crippen molar-refractivity contribution in [3.8, 4) is 0 Å². The predicted molar refractivity (Wildman–Crippen MR) is 121 cm³/mol. The number of rotatable bonds is 12. The van der Waals surface area contributed by atoms with Crippen LogP contribution in [0.4, 0.5) is 0 Å². The third-order valence-electron chi connectivity index (χ3n) is 5.76. The van der Waals surface area contributed by atoms with Crippen LogP contribution in [0, 0.1) is 0 Å². The molecule has 1 aromatic carbocycles. The molecule has 1 unspecified atom stereocenters. The van der Waals surface area contributed by atoms with E-state index >= 15 is 0 Å². The van der Waals surface area contributed by atoms with E-state index in [1.165, 1.54) is 11.0 Å². The van der Waals surface area contributed by atoms with Gasteiger partial charge in [-0.15, -0.1) is 0 Å². The summed E-state index contributed by atoms with van der Waals surface area (Å²) in [6.45, 7) is 2.69. The maximum atomic E-state index is 12.5. The summed E-state index contributed by atoms with van der Waals surface area (Å²) in [7, 11) is 0. The van der Waals surface area contributed by atoms with E-state index in [0.717, 1.165) is 30.4 Å². The van der Waals surface area contributed by atoms with E-state index in [4.69, 9.17) is 0 Å². The van der Waals surface area contributed by atoms with Gasteiger partial charge in [0.05, 0.1) is 18.8 Å². The summed E-state index contributed by atoms with van der Waals surface area (Å²) in [6.07, 6.45) is 10.9. The molecule has 1 amide bonds. The van der Waals surface area contributed by atoms with E-state index in [1.807, 2.05) is 36.5 Å². The molecule has 1 fully saturated rings. The zero-order valence-electron chi connectivity index (χ0n) is 18.5. The number of unbranched alkanes of at least 4 members (excludes halogenated alkanes) is 2. The van der Waals surface area contributed by atoms with Gasteiger partial charge >= 0.3 is 5.97 Å². The average molecular weight is 438 g/mol. The molecule has 2 aromatic rings. The minimum Gasteiger partial charge on any atom is -0.480 e. The third-order valence-corrected chi connectivity index (χ3v) is 5.76. The molecule has 2 heterocycles. The number of carboxylic acid groups (broad SMARTS) is 1. The van der Waals surface area contributed by atoms with Gasteiger partial charge in [-0.3, -0.25) is 14.3 Å². The molecule has 1 N–H and O–H groups in total. The fraction of sp³-hybridized carbons (Fsp3) is 0.440. The molecule has 2 atom stereocenters. The van der Waals surface area contributed by atoms with Gasteiger partial charge in [0.25, 0.3) is 0 Å². The summed E-state index contributed by atoms with van der Waals surface area (Å²) in [5.74, 6) is -1.23. The lowest BCUT2D eigenvalue weighted by Crippen LogP contribution is -2.45. The van der Waals surface area contributed by atoms with E-state index in [9.17, 15) is 19.5 Å². The van der Waals surface area contributed by atoms with Crippen molar-refractivity contribution in [3.05, 3.63) is 66.0 Å². The SMILES string of the molecule is CCCCCC(C(=O)O)N1C(=O)CC[C@@H]1C=CC(=O)Cc1cnn(Cc2ccccc2)c1. The largest absolute Gasteiger partial charge is 0.480 e. The fourth-order valence-corrected chi connectivity index (χ4v) is 4.12. The fourth-order valence-electron chi connectivity index (χ4n) is 4.12. The van der Waals surface area contributed by atoms with E-state index in [-0.39, 0.29) is 24.2 Å². The van der Waals surface area contributed by atoms with Gasteiger partial charge in [0, 0.05) is 19.0 Å². The van der Waals surface area contributed by atoms with Crippen LogP contribution in [0.25, 0.3) is 0 Å². The number of hydrogen-bond acceptors (Lipinski definition) is 4. The number of ketones is 1. The Kier molecular flexibility index (Phi) is 8.36. The molecule has 7 nitrogen and oxygen atoms in total. The van der Waals surface area contributed by atoms with Crippen LogP contribution in [0.3, 0.4) is 0 Å². The first-order valence-electron chi connectivity index (χ1n) is 11.3. The molecule has 0 aliphatic carbocycles. The normalized spacial score (nSPS) is 17.2. The van der Waals surface area contributed by atoms with E-state index in [1.54, 1.807) is 17.0 Å². The standard InChI is InChI=1S/C25H31N3O4/c1-2-3-5-10-23(25(31)32)28-21(12-14-24(28)30)11-13-22(29)15-20-16-26-27(18-20)17-19-8-6-4-7-9-19/h4,6-9,11,13,16,18,21,23H,2-3,5,10,12,14-15,17H2,1H3,(H,31,32)/t21-,23?/m0/s1. The molecule has 3 rings (SSSR count). The quantitative estimate of drug-likeness (QED) is 0.404. The molecule has 1 aliphatic heterocycles. The lowest BCUT2D eigenvalue weighted by molar-refractivity contribution is -0.149. The summed E-state index contributed by atoms with van der Waals surface area (Å²) < 4.78 is 1.80. The van der Waals surface area contributed by atoms with Crippen LogP contribution in [0.1, 0.15) is 56.6 Å². The maximum absolute atomic E-state index is 12.5. The van der Waals surface area contributed by atoms with Crippen molar-refractivity contribution in [2.45, 2.75) is 70.5 Å². The minimum atomic E-state index is -0.980. The molecule has 0 radical (unpaired) electrons. The van der Waals surface area contributed by atoms with Crippen molar-refractivity contribution >= 4 is 17.7 Å². The summed E-state index contributed by atoms with van der Waals surface area (Å²) >= 11 is 0. The third kappa shape index (κ3) is 6.39. The number of carbonyl (C=O) groups is 3. The second-order valence-corrected chi connectivity index (χ2v) is 8.29. The van der Waals surface area contributed by atoms with Gasteiger partial charge in [0.1, 0.15) is 6.04 Å². The Bertz CT molecular complexity index is 951. The van der Waals surface area contributed by atoms with Crippen LogP contribution in [0.15, 0.2) is 54.9 Å². The molecule has 1 aromatic heterocycles. The maximum Gasteiger partial charge on any atom is 0.326 e. The number of benzene rings is 1. The molecule has 1 saturated heterocycles. The smallest absolute Gasteiger partial charge is 0.326 e. The first-order valence-corrected chi connectivity index (χ1v) is 11.3. The Labute approximate surface area is 188 Å². The van der Waals surface area contributed by atoms with Crippen molar-refractivity contribution in [1.82, 2.24) is 14.7 Å². The first-order chi connectivity index (χ1) is 15.5. The topological polar surface area (TPSA) is 92.5 Å². The van der Waals surface area contributed by atoms with E-state index < -0.39 is 12.0 Å². The van der Waals surface area contributed by atoms with Gasteiger partial charge in [-0.2, -0.15) is 5.10 Å². The molecule has 1 aliphatic rings. The zero-order valence-corrected chi connectivity index (χ0v) is 18.5. The number of nitrogens with zero attached hydrogens (tertiary/aromatic N) is 3. The monoisotopic (exact) mass is 437 g/mol. The summed E-state index contributed by atoms with van der Waals surface area (Å²) in [5.41, 5.74) is 1.95. The van der Waals surface area contributed by atoms with Crippen molar-refractivity contribution in [1.29, 1.82) is 0 Å². The zero-order chi connectivity index (χ0) is 22.9. The van der Waals surface area contributed by atoms with Gasteiger partial charge in [0.2, 0.25) is 5.91 Å². The first kappa shape index (κ1) is 23.4. The Balaban J connectivity index is 1.59.